The van der Waals surface area contributed by atoms with Crippen molar-refractivity contribution in [3.05, 3.63) is 52.6 Å². The Balaban J connectivity index is 1.31. The van der Waals surface area contributed by atoms with E-state index in [1.165, 1.54) is 135 Å². The van der Waals surface area contributed by atoms with Gasteiger partial charge in [-0.3, -0.25) is 0 Å². The molecule has 0 N–H and O–H groups in total. The second-order valence-corrected chi connectivity index (χ2v) is 18.3. The molecule has 3 heteroatoms. The summed E-state index contributed by atoms with van der Waals surface area (Å²) in [7, 11) is -0.0441. The van der Waals surface area contributed by atoms with Crippen molar-refractivity contribution in [1.82, 2.24) is 0 Å². The number of allylic oxidation sites excluding steroid dienone is 4. The van der Waals surface area contributed by atoms with Crippen LogP contribution >= 0.6 is 0 Å². The van der Waals surface area contributed by atoms with Gasteiger partial charge in [0.05, 0.1) is 11.2 Å². The molecule has 1 aromatic carbocycles. The zero-order chi connectivity index (χ0) is 32.6. The Labute approximate surface area is 289 Å². The van der Waals surface area contributed by atoms with Crippen LogP contribution in [0.25, 0.3) is 5.57 Å². The van der Waals surface area contributed by atoms with Gasteiger partial charge < -0.3 is 9.31 Å². The number of rotatable bonds is 5. The minimum absolute atomic E-state index is 0.0441. The van der Waals surface area contributed by atoms with E-state index in [-0.39, 0.29) is 23.7 Å². The van der Waals surface area contributed by atoms with Crippen LogP contribution in [0.4, 0.5) is 0 Å². The molecule has 0 spiro atoms. The topological polar surface area (TPSA) is 18.5 Å². The van der Waals surface area contributed by atoms with Crippen molar-refractivity contribution in [3.8, 4) is 0 Å². The number of hydrogen-bond donors (Lipinski definition) is 0. The fourth-order valence-electron chi connectivity index (χ4n) is 11.5. The van der Waals surface area contributed by atoms with Gasteiger partial charge in [0.15, 0.2) is 0 Å². The molecule has 5 aliphatic carbocycles. The van der Waals surface area contributed by atoms with E-state index in [2.05, 4.69) is 65.0 Å². The lowest BCUT2D eigenvalue weighted by molar-refractivity contribution is 0.00578. The first-order valence-corrected chi connectivity index (χ1v) is 20.5. The maximum Gasteiger partial charge on any atom is 0.461 e. The van der Waals surface area contributed by atoms with Crippen LogP contribution in [0.5, 0.6) is 0 Å². The third kappa shape index (κ3) is 6.77. The van der Waals surface area contributed by atoms with Crippen LogP contribution in [0.1, 0.15) is 175 Å². The highest BCUT2D eigenvalue weighted by Crippen LogP contribution is 2.63. The summed E-state index contributed by atoms with van der Waals surface area (Å²) in [6.07, 6.45) is 29.2. The Hall–Kier alpha value is -1.32. The fourth-order valence-corrected chi connectivity index (χ4v) is 11.5. The van der Waals surface area contributed by atoms with E-state index in [9.17, 15) is 0 Å². The zero-order valence-corrected chi connectivity index (χ0v) is 31.0. The van der Waals surface area contributed by atoms with Gasteiger partial charge in [-0.1, -0.05) is 118 Å². The van der Waals surface area contributed by atoms with E-state index in [4.69, 9.17) is 9.31 Å². The summed E-state index contributed by atoms with van der Waals surface area (Å²) in [5.74, 6) is 3.50. The van der Waals surface area contributed by atoms with E-state index in [0.717, 1.165) is 17.8 Å². The molecule has 1 heterocycles. The van der Waals surface area contributed by atoms with Crippen molar-refractivity contribution in [2.24, 2.45) is 29.1 Å². The molecule has 2 nitrogen and oxygen atoms in total. The van der Waals surface area contributed by atoms with Gasteiger partial charge in [-0.05, 0) is 138 Å². The van der Waals surface area contributed by atoms with Gasteiger partial charge in [-0.15, -0.1) is 0 Å². The maximum atomic E-state index is 6.65. The van der Waals surface area contributed by atoms with Gasteiger partial charge in [0.2, 0.25) is 0 Å². The average molecular weight is 639 g/mol. The third-order valence-corrected chi connectivity index (χ3v) is 14.9. The Morgan fingerprint density at radius 1 is 0.617 bits per heavy atom. The Bertz CT molecular complexity index is 1240. The largest absolute Gasteiger partial charge is 0.461 e. The van der Waals surface area contributed by atoms with E-state index in [1.54, 1.807) is 5.56 Å². The first kappa shape index (κ1) is 34.1. The van der Waals surface area contributed by atoms with Crippen LogP contribution in [-0.2, 0) is 9.31 Å². The van der Waals surface area contributed by atoms with Crippen LogP contribution in [0.15, 0.2) is 47.1 Å². The molecule has 0 radical (unpaired) electrons. The zero-order valence-electron chi connectivity index (χ0n) is 31.0. The van der Waals surface area contributed by atoms with Crippen LogP contribution in [0.2, 0.25) is 5.82 Å². The van der Waals surface area contributed by atoms with Crippen molar-refractivity contribution in [1.29, 1.82) is 0 Å². The smallest absolute Gasteiger partial charge is 0.403 e. The first-order valence-electron chi connectivity index (χ1n) is 20.5. The summed E-state index contributed by atoms with van der Waals surface area (Å²) in [5, 5.41) is 0. The standard InChI is InChI=1S/C44H67BO2/c1-42(2)43(3,4)47-45(46-42)37-29-27-36(28-30-37)44(5)31-38(32-19-11-6-7-12-20-32)39(33-21-13-8-14-22-33)40(34-23-15-9-16-24-34)41(44)35-25-17-10-18-26-35/h8,13-14,21-22,32,34,36-37,40H,6-7,9-12,15-20,23-31H2,1-5H3/t36?,37?,40?,44-/m0/s1. The molecule has 4 saturated carbocycles. The van der Waals surface area contributed by atoms with Gasteiger partial charge in [-0.2, -0.15) is 0 Å². The molecule has 6 aliphatic rings. The van der Waals surface area contributed by atoms with Crippen molar-refractivity contribution in [2.45, 2.75) is 186 Å². The minimum atomic E-state index is -0.234. The summed E-state index contributed by atoms with van der Waals surface area (Å²) >= 11 is 0. The molecule has 0 amide bonds. The molecule has 0 aromatic heterocycles. The Morgan fingerprint density at radius 2 is 1.17 bits per heavy atom. The highest BCUT2D eigenvalue weighted by Gasteiger charge is 2.56. The summed E-state index contributed by atoms with van der Waals surface area (Å²) < 4.78 is 13.3. The molecule has 2 atom stereocenters. The van der Waals surface area contributed by atoms with Crippen molar-refractivity contribution < 1.29 is 9.31 Å². The van der Waals surface area contributed by atoms with E-state index in [0.29, 0.717) is 11.7 Å². The van der Waals surface area contributed by atoms with Gasteiger partial charge in [0.25, 0.3) is 0 Å². The van der Waals surface area contributed by atoms with Gasteiger partial charge in [-0.25, -0.2) is 0 Å². The molecule has 1 unspecified atom stereocenters. The molecule has 1 aliphatic heterocycles. The highest BCUT2D eigenvalue weighted by atomic mass is 16.7. The first-order chi connectivity index (χ1) is 22.7. The monoisotopic (exact) mass is 639 g/mol. The van der Waals surface area contributed by atoms with Crippen LogP contribution in [0, 0.1) is 29.1 Å². The number of benzene rings is 1. The molecule has 1 saturated heterocycles. The predicted octanol–water partition coefficient (Wildman–Crippen LogP) is 12.9. The van der Waals surface area contributed by atoms with Crippen LogP contribution in [-0.4, -0.2) is 18.3 Å². The molecular weight excluding hydrogens is 571 g/mol. The molecular formula is C44H67BO2. The van der Waals surface area contributed by atoms with Gasteiger partial charge in [0, 0.05) is 5.92 Å². The summed E-state index contributed by atoms with van der Waals surface area (Å²) in [6, 6.07) is 11.9. The van der Waals surface area contributed by atoms with E-state index < -0.39 is 0 Å². The normalized spacial score (nSPS) is 34.5. The Morgan fingerprint density at radius 3 is 1.79 bits per heavy atom. The SMILES string of the molecule is CC1(C)OB(C2CCC([C@]3(C)CC(C4CCCCCC4)=C(c4ccccc4)C(C4CCCCC4)C3=C3CCCCC3)CC2)OC1(C)C. The van der Waals surface area contributed by atoms with E-state index >= 15 is 0 Å². The van der Waals surface area contributed by atoms with Crippen molar-refractivity contribution in [3.63, 3.8) is 0 Å². The van der Waals surface area contributed by atoms with Crippen LogP contribution in [0.3, 0.4) is 0 Å². The lowest BCUT2D eigenvalue weighted by Gasteiger charge is -2.54. The predicted molar refractivity (Wildman–Crippen MR) is 199 cm³/mol. The van der Waals surface area contributed by atoms with Crippen molar-refractivity contribution in [2.75, 3.05) is 0 Å². The molecule has 0 bridgehead atoms. The second-order valence-electron chi connectivity index (χ2n) is 18.3. The van der Waals surface area contributed by atoms with E-state index in [1.807, 2.05) is 22.3 Å². The van der Waals surface area contributed by atoms with Gasteiger partial charge in [0.1, 0.15) is 0 Å². The molecule has 47 heavy (non-hydrogen) atoms. The summed E-state index contributed by atoms with van der Waals surface area (Å²) in [4.78, 5) is 0. The number of hydrogen-bond acceptors (Lipinski definition) is 2. The molecule has 258 valence electrons. The lowest BCUT2D eigenvalue weighted by Crippen LogP contribution is -2.43. The van der Waals surface area contributed by atoms with Crippen LogP contribution < -0.4 is 0 Å². The summed E-state index contributed by atoms with van der Waals surface area (Å²) in [5.41, 5.74) is 9.03. The summed E-state index contributed by atoms with van der Waals surface area (Å²) in [6.45, 7) is 11.7. The average Bonchev–Trinajstić information content (AvgIpc) is 3.25. The minimum Gasteiger partial charge on any atom is -0.403 e. The third-order valence-electron chi connectivity index (χ3n) is 14.9. The quantitative estimate of drug-likeness (QED) is 0.181. The fraction of sp³-hybridized carbons (Fsp3) is 0.773. The van der Waals surface area contributed by atoms with Crippen molar-refractivity contribution >= 4 is 12.7 Å². The molecule has 7 rings (SSSR count). The maximum absolute atomic E-state index is 6.65. The van der Waals surface area contributed by atoms with Gasteiger partial charge >= 0.3 is 7.12 Å². The Kier molecular flexibility index (Phi) is 10.3. The lowest BCUT2D eigenvalue weighted by atomic mass is 9.49. The highest BCUT2D eigenvalue weighted by molar-refractivity contribution is 6.47. The molecule has 5 fully saturated rings. The molecule has 1 aromatic rings. The second kappa shape index (κ2) is 14.1.